The maximum Gasteiger partial charge on any atom is 0.294 e. The van der Waals surface area contributed by atoms with Gasteiger partial charge in [0, 0.05) is 23.2 Å². The van der Waals surface area contributed by atoms with Gasteiger partial charge < -0.3 is 4.74 Å². The lowest BCUT2D eigenvalue weighted by atomic mass is 9.47. The fourth-order valence-corrected chi connectivity index (χ4v) is 7.46. The van der Waals surface area contributed by atoms with Gasteiger partial charge in [0.2, 0.25) is 17.7 Å². The first-order valence-corrected chi connectivity index (χ1v) is 14.6. The fourth-order valence-electron chi connectivity index (χ4n) is 7.29. The Labute approximate surface area is 262 Å². The van der Waals surface area contributed by atoms with E-state index in [0.717, 1.165) is 38.8 Å². The van der Waals surface area contributed by atoms with Crippen molar-refractivity contribution in [3.63, 3.8) is 0 Å². The summed E-state index contributed by atoms with van der Waals surface area (Å²) < 4.78 is 5.18. The number of nitrogens with zero attached hydrogens (tertiary/aromatic N) is 3. The number of nitrogens with one attached hydrogen (secondary N) is 1. The summed E-state index contributed by atoms with van der Waals surface area (Å²) in [5, 5.41) is 16.5. The SMILES string of the molecule is COc1ccc(CC(=O)N/N=C\C23c4ccccc4C(c4ccccc42)[C@H]2C(=O)N(c4ccc(Cl)cc4[N+](=O)[O-])C(=O)[C@H]23)cc1. The zero-order valence-electron chi connectivity index (χ0n) is 23.8. The van der Waals surface area contributed by atoms with Crippen molar-refractivity contribution in [1.82, 2.24) is 5.43 Å². The molecule has 0 saturated carbocycles. The summed E-state index contributed by atoms with van der Waals surface area (Å²) in [6.07, 6.45) is 1.61. The lowest BCUT2D eigenvalue weighted by Gasteiger charge is -2.52. The Hall–Kier alpha value is -5.35. The van der Waals surface area contributed by atoms with Gasteiger partial charge in [-0.2, -0.15) is 5.10 Å². The van der Waals surface area contributed by atoms with E-state index in [-0.39, 0.29) is 23.0 Å². The van der Waals surface area contributed by atoms with Crippen LogP contribution in [0.4, 0.5) is 11.4 Å². The van der Waals surface area contributed by atoms with Crippen molar-refractivity contribution in [2.45, 2.75) is 17.8 Å². The van der Waals surface area contributed by atoms with Gasteiger partial charge in [-0.25, -0.2) is 10.3 Å². The predicted octanol–water partition coefficient (Wildman–Crippen LogP) is 5.15. The number of hydrogen-bond acceptors (Lipinski definition) is 7. The molecule has 224 valence electrons. The standard InChI is InChI=1S/C34H25ClN4O6/c1-45-21-13-10-19(11-14-21)16-28(40)37-36-18-34-24-8-4-2-6-22(24)29(23-7-3-5-9-25(23)34)30-31(34)33(42)38(32(30)41)26-15-12-20(35)17-27(26)39(43)44/h2-15,17-18,29-31H,16H2,1H3,(H,37,40)/b36-18-/t29?,30-,31+,34?/m1/s1. The van der Waals surface area contributed by atoms with Crippen molar-refractivity contribution in [3.05, 3.63) is 134 Å². The number of amides is 3. The molecule has 3 amide bonds. The van der Waals surface area contributed by atoms with E-state index in [0.29, 0.717) is 5.75 Å². The predicted molar refractivity (Wildman–Crippen MR) is 166 cm³/mol. The van der Waals surface area contributed by atoms with Crippen LogP contribution in [0.2, 0.25) is 5.02 Å². The Morgan fingerprint density at radius 1 is 1.00 bits per heavy atom. The number of nitro benzene ring substituents is 1. The molecule has 1 N–H and O–H groups in total. The number of halogens is 1. The minimum atomic E-state index is -1.25. The zero-order chi connectivity index (χ0) is 31.5. The molecule has 0 radical (unpaired) electrons. The highest BCUT2D eigenvalue weighted by atomic mass is 35.5. The van der Waals surface area contributed by atoms with Crippen molar-refractivity contribution in [2.75, 3.05) is 12.0 Å². The van der Waals surface area contributed by atoms with E-state index in [9.17, 15) is 24.5 Å². The minimum absolute atomic E-state index is 0.0566. The number of benzene rings is 4. The van der Waals surface area contributed by atoms with Gasteiger partial charge in [0.25, 0.3) is 5.69 Å². The first-order chi connectivity index (χ1) is 21.8. The van der Waals surface area contributed by atoms with Crippen molar-refractivity contribution < 1.29 is 24.0 Å². The molecule has 4 aliphatic rings. The number of hydrazone groups is 1. The quantitative estimate of drug-likeness (QED) is 0.132. The van der Waals surface area contributed by atoms with Crippen molar-refractivity contribution in [2.24, 2.45) is 16.9 Å². The molecule has 4 aromatic rings. The third-order valence-corrected chi connectivity index (χ3v) is 9.28. The number of nitro groups is 1. The van der Waals surface area contributed by atoms with Gasteiger partial charge in [0.05, 0.1) is 35.7 Å². The van der Waals surface area contributed by atoms with Gasteiger partial charge in [0.1, 0.15) is 11.4 Å². The number of methoxy groups -OCH3 is 1. The van der Waals surface area contributed by atoms with Gasteiger partial charge >= 0.3 is 0 Å². The van der Waals surface area contributed by atoms with E-state index in [4.69, 9.17) is 16.3 Å². The smallest absolute Gasteiger partial charge is 0.294 e. The monoisotopic (exact) mass is 620 g/mol. The largest absolute Gasteiger partial charge is 0.497 e. The topological polar surface area (TPSA) is 131 Å². The Balaban J connectivity index is 1.34. The van der Waals surface area contributed by atoms with E-state index >= 15 is 0 Å². The van der Waals surface area contributed by atoms with Crippen LogP contribution in [0.1, 0.15) is 33.7 Å². The highest BCUT2D eigenvalue weighted by Gasteiger charge is 2.68. The summed E-state index contributed by atoms with van der Waals surface area (Å²) in [6, 6.07) is 26.1. The van der Waals surface area contributed by atoms with Gasteiger partial charge in [-0.05, 0) is 52.1 Å². The Morgan fingerprint density at radius 2 is 1.64 bits per heavy atom. The number of carbonyl (C=O) groups excluding carboxylic acids is 3. The average Bonchev–Trinajstić information content (AvgIpc) is 3.32. The van der Waals surface area contributed by atoms with Gasteiger partial charge in [-0.3, -0.25) is 24.5 Å². The molecule has 2 bridgehead atoms. The maximum atomic E-state index is 14.5. The molecule has 4 aromatic carbocycles. The molecule has 1 saturated heterocycles. The number of rotatable bonds is 7. The average molecular weight is 621 g/mol. The molecule has 8 rings (SSSR count). The first-order valence-electron chi connectivity index (χ1n) is 14.2. The van der Waals surface area contributed by atoms with Crippen LogP contribution < -0.4 is 15.1 Å². The summed E-state index contributed by atoms with van der Waals surface area (Å²) >= 11 is 6.06. The maximum absolute atomic E-state index is 14.5. The van der Waals surface area contributed by atoms with Crippen LogP contribution in [0, 0.1) is 22.0 Å². The Morgan fingerprint density at radius 3 is 2.27 bits per heavy atom. The minimum Gasteiger partial charge on any atom is -0.497 e. The second kappa shape index (κ2) is 10.7. The molecule has 1 aliphatic heterocycles. The van der Waals surface area contributed by atoms with E-state index in [1.807, 2.05) is 48.5 Å². The summed E-state index contributed by atoms with van der Waals surface area (Å²) in [5.41, 5.74) is 4.84. The lowest BCUT2D eigenvalue weighted by Crippen LogP contribution is -2.54. The summed E-state index contributed by atoms with van der Waals surface area (Å²) in [4.78, 5) is 54.1. The molecule has 1 heterocycles. The van der Waals surface area contributed by atoms with E-state index in [1.165, 1.54) is 12.1 Å². The van der Waals surface area contributed by atoms with Crippen molar-refractivity contribution in [3.8, 4) is 5.75 Å². The fraction of sp³-hybridized carbons (Fsp3) is 0.176. The number of hydrogen-bond donors (Lipinski definition) is 1. The summed E-state index contributed by atoms with van der Waals surface area (Å²) in [6.45, 7) is 0. The van der Waals surface area contributed by atoms with Crippen LogP contribution >= 0.6 is 11.6 Å². The first kappa shape index (κ1) is 28.4. The zero-order valence-corrected chi connectivity index (χ0v) is 24.6. The molecule has 0 aromatic heterocycles. The highest BCUT2D eigenvalue weighted by molar-refractivity contribution is 6.31. The van der Waals surface area contributed by atoms with Crippen LogP contribution in [0.3, 0.4) is 0 Å². The van der Waals surface area contributed by atoms with Crippen LogP contribution in [0.5, 0.6) is 5.75 Å². The molecule has 0 spiro atoms. The van der Waals surface area contributed by atoms with E-state index in [2.05, 4.69) is 10.5 Å². The van der Waals surface area contributed by atoms with Crippen LogP contribution in [-0.4, -0.2) is 36.0 Å². The third kappa shape index (κ3) is 4.24. The van der Waals surface area contributed by atoms with E-state index in [1.54, 1.807) is 37.6 Å². The molecule has 2 atom stereocenters. The van der Waals surface area contributed by atoms with Crippen LogP contribution in [-0.2, 0) is 26.2 Å². The molecular formula is C34H25ClN4O6. The summed E-state index contributed by atoms with van der Waals surface area (Å²) in [7, 11) is 1.56. The van der Waals surface area contributed by atoms with Gasteiger partial charge in [0.15, 0.2) is 0 Å². The highest BCUT2D eigenvalue weighted by Crippen LogP contribution is 2.64. The molecule has 0 unspecified atom stereocenters. The molecular weight excluding hydrogens is 596 g/mol. The molecule has 3 aliphatic carbocycles. The molecule has 45 heavy (non-hydrogen) atoms. The van der Waals surface area contributed by atoms with Crippen LogP contribution in [0.15, 0.2) is 96.1 Å². The normalized spacial score (nSPS) is 22.6. The molecule has 11 heteroatoms. The van der Waals surface area contributed by atoms with Crippen molar-refractivity contribution in [1.29, 1.82) is 0 Å². The molecule has 10 nitrogen and oxygen atoms in total. The second-order valence-electron chi connectivity index (χ2n) is 11.2. The van der Waals surface area contributed by atoms with Crippen LogP contribution in [0.25, 0.3) is 0 Å². The second-order valence-corrected chi connectivity index (χ2v) is 11.7. The van der Waals surface area contributed by atoms with Gasteiger partial charge in [-0.1, -0.05) is 72.3 Å². The number of imide groups is 1. The number of anilines is 1. The summed E-state index contributed by atoms with van der Waals surface area (Å²) in [5.74, 6) is -3.12. The number of ether oxygens (including phenoxy) is 1. The number of carbonyl (C=O) groups is 3. The van der Waals surface area contributed by atoms with Crippen molar-refractivity contribution >= 4 is 46.9 Å². The van der Waals surface area contributed by atoms with E-state index < -0.39 is 45.6 Å². The molecule has 1 fully saturated rings. The van der Waals surface area contributed by atoms with Gasteiger partial charge in [-0.15, -0.1) is 0 Å². The Bertz CT molecular complexity index is 1890. The lowest BCUT2D eigenvalue weighted by molar-refractivity contribution is -0.384. The third-order valence-electron chi connectivity index (χ3n) is 9.04. The Kier molecular flexibility index (Phi) is 6.74.